The Labute approximate surface area is 148 Å². The molecule has 1 saturated heterocycles. The van der Waals surface area contributed by atoms with Crippen LogP contribution in [0.2, 0.25) is 0 Å². The second-order valence-electron chi connectivity index (χ2n) is 7.34. The second kappa shape index (κ2) is 7.09. The Morgan fingerprint density at radius 3 is 2.40 bits per heavy atom. The van der Waals surface area contributed by atoms with Crippen LogP contribution in [0.4, 0.5) is 17.3 Å². The fourth-order valence-corrected chi connectivity index (χ4v) is 2.81. The molecule has 25 heavy (non-hydrogen) atoms. The third kappa shape index (κ3) is 4.68. The molecule has 0 aliphatic carbocycles. The van der Waals surface area contributed by atoms with Crippen LogP contribution in [0.5, 0.6) is 0 Å². The summed E-state index contributed by atoms with van der Waals surface area (Å²) in [5.41, 5.74) is 2.14. The molecule has 2 heterocycles. The number of amides is 1. The van der Waals surface area contributed by atoms with E-state index < -0.39 is 0 Å². The van der Waals surface area contributed by atoms with Crippen LogP contribution in [0.25, 0.3) is 0 Å². The van der Waals surface area contributed by atoms with Gasteiger partial charge in [0.15, 0.2) is 0 Å². The third-order valence-corrected chi connectivity index (χ3v) is 3.97. The SMILES string of the molecule is CC(C)(C)Nc1nccc(C(=O)Nc2ccc(N3CCCC3)cc2)n1. The van der Waals surface area contributed by atoms with E-state index in [-0.39, 0.29) is 11.4 Å². The molecule has 1 aromatic carbocycles. The summed E-state index contributed by atoms with van der Waals surface area (Å²) >= 11 is 0. The van der Waals surface area contributed by atoms with Gasteiger partial charge in [-0.05, 0) is 63.9 Å². The van der Waals surface area contributed by atoms with E-state index in [1.165, 1.54) is 18.5 Å². The van der Waals surface area contributed by atoms with Crippen LogP contribution in [-0.2, 0) is 0 Å². The normalized spacial score (nSPS) is 14.4. The lowest BCUT2D eigenvalue weighted by atomic mass is 10.1. The molecule has 2 N–H and O–H groups in total. The van der Waals surface area contributed by atoms with Crippen LogP contribution in [-0.4, -0.2) is 34.5 Å². The van der Waals surface area contributed by atoms with Gasteiger partial charge in [0, 0.05) is 36.2 Å². The summed E-state index contributed by atoms with van der Waals surface area (Å²) in [5, 5.41) is 6.06. The van der Waals surface area contributed by atoms with Gasteiger partial charge in [-0.1, -0.05) is 0 Å². The van der Waals surface area contributed by atoms with Crippen molar-refractivity contribution < 1.29 is 4.79 Å². The molecular weight excluding hydrogens is 314 g/mol. The molecule has 3 rings (SSSR count). The Morgan fingerprint density at radius 1 is 1.08 bits per heavy atom. The summed E-state index contributed by atoms with van der Waals surface area (Å²) in [6, 6.07) is 9.57. The van der Waals surface area contributed by atoms with Crippen LogP contribution >= 0.6 is 0 Å². The monoisotopic (exact) mass is 339 g/mol. The van der Waals surface area contributed by atoms with E-state index in [1.54, 1.807) is 12.3 Å². The minimum Gasteiger partial charge on any atom is -0.372 e. The number of nitrogens with one attached hydrogen (secondary N) is 2. The lowest BCUT2D eigenvalue weighted by molar-refractivity contribution is 0.102. The minimum atomic E-state index is -0.242. The van der Waals surface area contributed by atoms with E-state index in [9.17, 15) is 4.79 Å². The van der Waals surface area contributed by atoms with Gasteiger partial charge in [0.1, 0.15) is 5.69 Å². The van der Waals surface area contributed by atoms with Crippen molar-refractivity contribution in [1.29, 1.82) is 0 Å². The van der Waals surface area contributed by atoms with Gasteiger partial charge in [-0.3, -0.25) is 4.79 Å². The van der Waals surface area contributed by atoms with Crippen molar-refractivity contribution >= 4 is 23.2 Å². The first kappa shape index (κ1) is 17.2. The number of carbonyl (C=O) groups excluding carboxylic acids is 1. The highest BCUT2D eigenvalue weighted by atomic mass is 16.1. The molecule has 1 fully saturated rings. The van der Waals surface area contributed by atoms with E-state index in [1.807, 2.05) is 45.0 Å². The molecule has 1 aromatic heterocycles. The fourth-order valence-electron chi connectivity index (χ4n) is 2.81. The van der Waals surface area contributed by atoms with Gasteiger partial charge in [0.05, 0.1) is 0 Å². The van der Waals surface area contributed by atoms with Crippen molar-refractivity contribution in [3.63, 3.8) is 0 Å². The number of nitrogens with zero attached hydrogens (tertiary/aromatic N) is 3. The summed E-state index contributed by atoms with van der Waals surface area (Å²) in [6.07, 6.45) is 4.08. The molecule has 0 atom stereocenters. The molecule has 0 saturated carbocycles. The zero-order chi connectivity index (χ0) is 17.9. The number of carbonyl (C=O) groups is 1. The topological polar surface area (TPSA) is 70.2 Å². The molecular formula is C19H25N5O. The molecule has 0 bridgehead atoms. The average molecular weight is 339 g/mol. The predicted molar refractivity (Wildman–Crippen MR) is 101 cm³/mol. The number of hydrogen-bond donors (Lipinski definition) is 2. The molecule has 0 spiro atoms. The second-order valence-corrected chi connectivity index (χ2v) is 7.34. The van der Waals surface area contributed by atoms with Crippen LogP contribution in [0.3, 0.4) is 0 Å². The molecule has 0 radical (unpaired) electrons. The van der Waals surface area contributed by atoms with Crippen LogP contribution in [0.1, 0.15) is 44.1 Å². The lowest BCUT2D eigenvalue weighted by Crippen LogP contribution is -2.28. The summed E-state index contributed by atoms with van der Waals surface area (Å²) in [7, 11) is 0. The highest BCUT2D eigenvalue weighted by Crippen LogP contribution is 2.22. The lowest BCUT2D eigenvalue weighted by Gasteiger charge is -2.20. The van der Waals surface area contributed by atoms with Crippen molar-refractivity contribution in [2.75, 3.05) is 28.6 Å². The first-order valence-corrected chi connectivity index (χ1v) is 8.68. The molecule has 132 valence electrons. The van der Waals surface area contributed by atoms with Gasteiger partial charge in [0.25, 0.3) is 5.91 Å². The Hall–Kier alpha value is -2.63. The Bertz CT molecular complexity index is 730. The molecule has 0 unspecified atom stereocenters. The number of benzene rings is 1. The van der Waals surface area contributed by atoms with E-state index >= 15 is 0 Å². The number of anilines is 3. The van der Waals surface area contributed by atoms with Crippen molar-refractivity contribution in [2.45, 2.75) is 39.2 Å². The Kier molecular flexibility index (Phi) is 4.88. The summed E-state index contributed by atoms with van der Waals surface area (Å²) in [4.78, 5) is 23.2. The maximum absolute atomic E-state index is 12.4. The van der Waals surface area contributed by atoms with Gasteiger partial charge < -0.3 is 15.5 Å². The summed E-state index contributed by atoms with van der Waals surface area (Å²) in [5.74, 6) is 0.206. The van der Waals surface area contributed by atoms with Crippen molar-refractivity contribution in [3.8, 4) is 0 Å². The van der Waals surface area contributed by atoms with E-state index in [0.717, 1.165) is 18.8 Å². The average Bonchev–Trinajstić information content (AvgIpc) is 3.08. The van der Waals surface area contributed by atoms with Gasteiger partial charge >= 0.3 is 0 Å². The number of aromatic nitrogens is 2. The van der Waals surface area contributed by atoms with Gasteiger partial charge in [-0.15, -0.1) is 0 Å². The van der Waals surface area contributed by atoms with Crippen LogP contribution in [0.15, 0.2) is 36.5 Å². The summed E-state index contributed by atoms with van der Waals surface area (Å²) in [6.45, 7) is 8.27. The number of hydrogen-bond acceptors (Lipinski definition) is 5. The smallest absolute Gasteiger partial charge is 0.274 e. The van der Waals surface area contributed by atoms with Crippen molar-refractivity contribution in [3.05, 3.63) is 42.2 Å². The van der Waals surface area contributed by atoms with Gasteiger partial charge in [-0.25, -0.2) is 9.97 Å². The van der Waals surface area contributed by atoms with Crippen molar-refractivity contribution in [2.24, 2.45) is 0 Å². The predicted octanol–water partition coefficient (Wildman–Crippen LogP) is 3.54. The summed E-state index contributed by atoms with van der Waals surface area (Å²) < 4.78 is 0. The zero-order valence-electron chi connectivity index (χ0n) is 15.0. The van der Waals surface area contributed by atoms with E-state index in [0.29, 0.717) is 11.6 Å². The highest BCUT2D eigenvalue weighted by molar-refractivity contribution is 6.03. The quantitative estimate of drug-likeness (QED) is 0.891. The Morgan fingerprint density at radius 2 is 1.76 bits per heavy atom. The molecule has 1 aliphatic rings. The van der Waals surface area contributed by atoms with Gasteiger partial charge in [-0.2, -0.15) is 0 Å². The van der Waals surface area contributed by atoms with Gasteiger partial charge in [0.2, 0.25) is 5.95 Å². The van der Waals surface area contributed by atoms with Crippen LogP contribution < -0.4 is 15.5 Å². The number of rotatable bonds is 4. The molecule has 1 aliphatic heterocycles. The van der Waals surface area contributed by atoms with E-state index in [4.69, 9.17) is 0 Å². The van der Waals surface area contributed by atoms with E-state index in [2.05, 4.69) is 25.5 Å². The molecule has 6 nitrogen and oxygen atoms in total. The first-order chi connectivity index (χ1) is 11.9. The standard InChI is InChI=1S/C19H25N5O/c1-19(2,3)23-18-20-11-10-16(22-18)17(25)21-14-6-8-15(9-7-14)24-12-4-5-13-24/h6-11H,4-5,12-13H2,1-3H3,(H,21,25)(H,20,22,23). The third-order valence-electron chi connectivity index (χ3n) is 3.97. The largest absolute Gasteiger partial charge is 0.372 e. The van der Waals surface area contributed by atoms with Crippen molar-refractivity contribution in [1.82, 2.24) is 9.97 Å². The molecule has 6 heteroatoms. The molecule has 1 amide bonds. The van der Waals surface area contributed by atoms with Crippen LogP contribution in [0, 0.1) is 0 Å². The maximum Gasteiger partial charge on any atom is 0.274 e. The first-order valence-electron chi connectivity index (χ1n) is 8.68. The zero-order valence-corrected chi connectivity index (χ0v) is 15.0. The maximum atomic E-state index is 12.4. The minimum absolute atomic E-state index is 0.166. The fraction of sp³-hybridized carbons (Fsp3) is 0.421. The Balaban J connectivity index is 1.66. The molecule has 2 aromatic rings. The highest BCUT2D eigenvalue weighted by Gasteiger charge is 2.15.